The minimum absolute atomic E-state index is 0.0949. The lowest BCUT2D eigenvalue weighted by Crippen LogP contribution is -2.54. The highest BCUT2D eigenvalue weighted by Gasteiger charge is 2.47. The minimum Gasteiger partial charge on any atom is -0.507 e. The number of hydrogen-bond donors (Lipinski definition) is 3. The molecule has 14 nitrogen and oxygen atoms in total. The number of nitrogens with zero attached hydrogens (tertiary/aromatic N) is 9. The number of nitrogens with one attached hydrogen (secondary N) is 1. The number of amides is 3. The van der Waals surface area contributed by atoms with Gasteiger partial charge in [-0.25, -0.2) is 9.18 Å². The molecule has 63 heavy (non-hydrogen) atoms. The maximum atomic E-state index is 15.6. The van der Waals surface area contributed by atoms with Crippen LogP contribution < -0.4 is 30.7 Å². The van der Waals surface area contributed by atoms with Crippen molar-refractivity contribution in [1.29, 1.82) is 0 Å². The van der Waals surface area contributed by atoms with Gasteiger partial charge in [-0.3, -0.25) is 15.0 Å². The molecule has 16 heteroatoms. The van der Waals surface area contributed by atoms with Crippen molar-refractivity contribution in [3.63, 3.8) is 0 Å². The second-order valence-corrected chi connectivity index (χ2v) is 18.8. The Bertz CT molecular complexity index is 2570. The summed E-state index contributed by atoms with van der Waals surface area (Å²) in [4.78, 5) is 39.2. The van der Waals surface area contributed by atoms with Crippen molar-refractivity contribution in [3.05, 3.63) is 78.6 Å². The first-order chi connectivity index (χ1) is 30.6. The molecule has 8 heterocycles. The van der Waals surface area contributed by atoms with Crippen molar-refractivity contribution in [1.82, 2.24) is 30.0 Å². The van der Waals surface area contributed by atoms with Gasteiger partial charge in [-0.05, 0) is 124 Å². The molecule has 2 bridgehead atoms. The summed E-state index contributed by atoms with van der Waals surface area (Å²) in [6.45, 7) is 6.56. The van der Waals surface area contributed by atoms with Gasteiger partial charge in [0, 0.05) is 86.6 Å². The van der Waals surface area contributed by atoms with Crippen LogP contribution in [0.1, 0.15) is 63.8 Å². The van der Waals surface area contributed by atoms with E-state index in [4.69, 9.17) is 5.73 Å². The van der Waals surface area contributed by atoms with Crippen LogP contribution in [-0.2, 0) is 4.79 Å². The Morgan fingerprint density at radius 3 is 2.32 bits per heavy atom. The number of fused-ring (bicyclic) bond motifs is 3. The number of carbonyl (C=O) groups excluding carboxylic acids is 2. The Morgan fingerprint density at radius 2 is 1.57 bits per heavy atom. The number of anilines is 5. The topological polar surface area (TPSA) is 152 Å². The third-order valence-corrected chi connectivity index (χ3v) is 15.1. The van der Waals surface area contributed by atoms with Crippen molar-refractivity contribution in [2.75, 3.05) is 77.7 Å². The van der Waals surface area contributed by atoms with Crippen LogP contribution in [0.3, 0.4) is 0 Å². The first-order valence-corrected chi connectivity index (χ1v) is 22.6. The average Bonchev–Trinajstić information content (AvgIpc) is 3.79. The predicted octanol–water partition coefficient (Wildman–Crippen LogP) is 6.70. The molecule has 1 aliphatic carbocycles. The molecule has 3 amide bonds. The number of nitrogens with two attached hydrogens (primary N) is 1. The van der Waals surface area contributed by atoms with E-state index in [0.29, 0.717) is 39.7 Å². The van der Waals surface area contributed by atoms with Gasteiger partial charge in [0.1, 0.15) is 22.9 Å². The SMILES string of the molecule is Nc1nnc(-c2ccccc2O)cc1N1CC2CCC(C1)N2c1ccc(F)c(N2CCC(CN3CCC4(CC3)CC(n3ccc5cc(N6CCC(=O)NC6=O)c(F)nc53)C4)CC2)c1. The molecule has 3 aromatic heterocycles. The summed E-state index contributed by atoms with van der Waals surface area (Å²) in [5.74, 6) is -0.129. The monoisotopic (exact) mass is 857 g/mol. The van der Waals surface area contributed by atoms with Crippen molar-refractivity contribution >= 4 is 51.5 Å². The Labute approximate surface area is 364 Å². The molecule has 6 fully saturated rings. The number of phenols is 1. The number of piperazine rings is 1. The Balaban J connectivity index is 0.674. The number of phenolic OH excluding ortho intramolecular Hbond substituents is 1. The van der Waals surface area contributed by atoms with Crippen molar-refractivity contribution < 1.29 is 23.5 Å². The molecule has 11 rings (SSSR count). The van der Waals surface area contributed by atoms with Gasteiger partial charge < -0.3 is 35.0 Å². The van der Waals surface area contributed by atoms with Gasteiger partial charge in [-0.1, -0.05) is 12.1 Å². The van der Waals surface area contributed by atoms with Crippen LogP contribution in [0.5, 0.6) is 5.75 Å². The van der Waals surface area contributed by atoms with E-state index < -0.39 is 12.0 Å². The van der Waals surface area contributed by atoms with Crippen LogP contribution in [0.15, 0.2) is 66.9 Å². The van der Waals surface area contributed by atoms with Crippen LogP contribution in [0.2, 0.25) is 0 Å². The van der Waals surface area contributed by atoms with Gasteiger partial charge >= 0.3 is 6.03 Å². The third kappa shape index (κ3) is 7.25. The molecule has 328 valence electrons. The van der Waals surface area contributed by atoms with E-state index in [-0.39, 0.29) is 54.3 Å². The largest absolute Gasteiger partial charge is 0.507 e. The van der Waals surface area contributed by atoms with E-state index in [9.17, 15) is 14.7 Å². The van der Waals surface area contributed by atoms with Crippen LogP contribution in [0, 0.1) is 23.1 Å². The van der Waals surface area contributed by atoms with Crippen LogP contribution in [0.25, 0.3) is 22.3 Å². The van der Waals surface area contributed by atoms with Crippen LogP contribution in [-0.4, -0.2) is 106 Å². The number of rotatable bonds is 8. The zero-order valence-corrected chi connectivity index (χ0v) is 35.3. The number of urea groups is 1. The molecule has 4 N–H and O–H groups in total. The summed E-state index contributed by atoms with van der Waals surface area (Å²) in [7, 11) is 0. The van der Waals surface area contributed by atoms with Gasteiger partial charge in [0.2, 0.25) is 11.9 Å². The molecule has 5 saturated heterocycles. The number of carbonyl (C=O) groups is 2. The fourth-order valence-electron chi connectivity index (χ4n) is 11.7. The van der Waals surface area contributed by atoms with E-state index in [0.717, 1.165) is 114 Å². The van der Waals surface area contributed by atoms with Crippen molar-refractivity contribution in [2.24, 2.45) is 11.3 Å². The molecule has 1 saturated carbocycles. The number of aromatic hydroxyl groups is 1. The maximum Gasteiger partial charge on any atom is 0.328 e. The molecular formula is C47H53F2N11O3. The highest BCUT2D eigenvalue weighted by Crippen LogP contribution is 2.55. The van der Waals surface area contributed by atoms with Gasteiger partial charge in [-0.15, -0.1) is 10.2 Å². The zero-order valence-electron chi connectivity index (χ0n) is 35.3. The Hall–Kier alpha value is -6.03. The number of nitrogen functional groups attached to an aromatic ring is 1. The number of aromatic nitrogens is 4. The van der Waals surface area contributed by atoms with Crippen molar-refractivity contribution in [3.8, 4) is 17.0 Å². The number of hydrogen-bond acceptors (Lipinski definition) is 11. The maximum absolute atomic E-state index is 15.6. The van der Waals surface area contributed by atoms with Gasteiger partial charge in [0.15, 0.2) is 5.82 Å². The van der Waals surface area contributed by atoms with Gasteiger partial charge in [0.05, 0.1) is 17.1 Å². The summed E-state index contributed by atoms with van der Waals surface area (Å²) in [5.41, 5.74) is 11.2. The van der Waals surface area contributed by atoms with E-state index in [2.05, 4.69) is 50.7 Å². The highest BCUT2D eigenvalue weighted by molar-refractivity contribution is 6.06. The highest BCUT2D eigenvalue weighted by atomic mass is 19.1. The number of piperidine rings is 2. The fraction of sp³-hybridized carbons (Fsp3) is 0.468. The first kappa shape index (κ1) is 39.8. The van der Waals surface area contributed by atoms with Gasteiger partial charge in [0.25, 0.3) is 0 Å². The Morgan fingerprint density at radius 1 is 0.810 bits per heavy atom. The molecule has 0 radical (unpaired) electrons. The zero-order chi connectivity index (χ0) is 43.0. The number of pyridine rings is 1. The minimum atomic E-state index is -0.704. The summed E-state index contributed by atoms with van der Waals surface area (Å²) < 4.78 is 33.0. The quantitative estimate of drug-likeness (QED) is 0.143. The van der Waals surface area contributed by atoms with Crippen LogP contribution >= 0.6 is 0 Å². The summed E-state index contributed by atoms with van der Waals surface area (Å²) in [5, 5.41) is 22.0. The molecule has 2 unspecified atom stereocenters. The molecule has 5 aromatic rings. The lowest BCUT2D eigenvalue weighted by molar-refractivity contribution is -0.120. The summed E-state index contributed by atoms with van der Waals surface area (Å²) >= 11 is 0. The Kier molecular flexibility index (Phi) is 9.88. The fourth-order valence-corrected chi connectivity index (χ4v) is 11.7. The van der Waals surface area contributed by atoms with Crippen molar-refractivity contribution in [2.45, 2.75) is 75.9 Å². The second kappa shape index (κ2) is 15.6. The van der Waals surface area contributed by atoms with Gasteiger partial charge in [-0.2, -0.15) is 9.37 Å². The molecule has 5 aliphatic heterocycles. The smallest absolute Gasteiger partial charge is 0.328 e. The molecule has 1 spiro atoms. The first-order valence-electron chi connectivity index (χ1n) is 22.6. The third-order valence-electron chi connectivity index (χ3n) is 15.1. The number of halogens is 2. The number of imide groups is 1. The lowest BCUT2D eigenvalue weighted by Gasteiger charge is -2.53. The summed E-state index contributed by atoms with van der Waals surface area (Å²) in [6, 6.07) is 18.4. The average molecular weight is 858 g/mol. The molecule has 2 atom stereocenters. The standard InChI is InChI=1S/C47H53F2N11O3/c48-36-8-7-31(60-32-5-6-33(60)28-57(27-32)40-23-37(53-54-44(40)50)35-3-1-2-4-41(35)61)22-38(36)56-15-9-29(10-16-56)26-55-19-13-47(14-20-55)24-34(25-47)58-17-11-30-21-39(43(49)52-45(30)58)59-18-12-42(62)51-46(59)63/h1-4,7-8,11,17,21-23,29,32-34,61H,5-6,9-10,12-16,18-20,24-28H2,(H2,50,54)(H,51,62,63). The number of benzene rings is 2. The lowest BCUT2D eigenvalue weighted by atomic mass is 9.60. The van der Waals surface area contributed by atoms with E-state index in [1.165, 1.54) is 4.90 Å². The second-order valence-electron chi connectivity index (χ2n) is 18.8. The van der Waals surface area contributed by atoms with Crippen LogP contribution in [0.4, 0.5) is 42.1 Å². The molecular weight excluding hydrogens is 805 g/mol. The number of para-hydroxylation sites is 1. The predicted molar refractivity (Wildman–Crippen MR) is 238 cm³/mol. The van der Waals surface area contributed by atoms with E-state index in [1.807, 2.05) is 36.5 Å². The normalized spacial score (nSPS) is 23.2. The molecule has 6 aliphatic rings. The summed E-state index contributed by atoms with van der Waals surface area (Å²) in [6.07, 6.45) is 10.7. The van der Waals surface area contributed by atoms with E-state index >= 15 is 8.78 Å². The van der Waals surface area contributed by atoms with E-state index in [1.54, 1.807) is 24.3 Å². The number of likely N-dealkylation sites (tertiary alicyclic amines) is 1. The molecule has 2 aromatic carbocycles.